The van der Waals surface area contributed by atoms with Crippen LogP contribution in [-0.2, 0) is 11.3 Å². The fourth-order valence-electron chi connectivity index (χ4n) is 4.46. The molecule has 0 bridgehead atoms. The highest BCUT2D eigenvalue weighted by atomic mass is 16.2. The Hall–Kier alpha value is -3.40. The first-order valence-corrected chi connectivity index (χ1v) is 10.5. The van der Waals surface area contributed by atoms with E-state index in [0.29, 0.717) is 13.0 Å². The van der Waals surface area contributed by atoms with Crippen LogP contribution in [-0.4, -0.2) is 22.0 Å². The number of carbonyl (C=O) groups excluding carboxylic acids is 1. The lowest BCUT2D eigenvalue weighted by Gasteiger charge is -2.18. The molecule has 0 spiro atoms. The second kappa shape index (κ2) is 7.45. The fourth-order valence-corrected chi connectivity index (χ4v) is 4.46. The van der Waals surface area contributed by atoms with Crippen molar-refractivity contribution in [2.75, 3.05) is 11.4 Å². The van der Waals surface area contributed by atoms with Crippen LogP contribution in [0.1, 0.15) is 34.9 Å². The van der Waals surface area contributed by atoms with Gasteiger partial charge in [0.15, 0.2) is 0 Å². The molecule has 1 aliphatic rings. The van der Waals surface area contributed by atoms with Gasteiger partial charge in [0.25, 0.3) is 0 Å². The maximum atomic E-state index is 12.9. The Morgan fingerprint density at radius 1 is 0.967 bits per heavy atom. The smallest absolute Gasteiger partial charge is 0.227 e. The van der Waals surface area contributed by atoms with Crippen LogP contribution in [0.5, 0.6) is 0 Å². The SMILES string of the molecule is Cc1cccc(N2C[C@@H](c3nc4ccccc4n3Cc3ccccc3C)CC2=O)c1. The van der Waals surface area contributed by atoms with E-state index < -0.39 is 0 Å². The standard InChI is InChI=1S/C26H25N3O/c1-18-8-7-11-22(14-18)28-17-21(15-25(28)30)26-27-23-12-5-6-13-24(23)29(26)16-20-10-4-3-9-19(20)2/h3-14,21H,15-17H2,1-2H3/t21-/m0/s1. The number of aromatic nitrogens is 2. The van der Waals surface area contributed by atoms with Crippen molar-refractivity contribution in [2.24, 2.45) is 0 Å². The molecular weight excluding hydrogens is 370 g/mol. The number of hydrogen-bond donors (Lipinski definition) is 0. The highest BCUT2D eigenvalue weighted by molar-refractivity contribution is 5.96. The van der Waals surface area contributed by atoms with Gasteiger partial charge in [-0.15, -0.1) is 0 Å². The van der Waals surface area contributed by atoms with Gasteiger partial charge in [0.2, 0.25) is 5.91 Å². The lowest BCUT2D eigenvalue weighted by molar-refractivity contribution is -0.117. The molecule has 4 aromatic rings. The van der Waals surface area contributed by atoms with Crippen molar-refractivity contribution in [3.05, 3.63) is 95.3 Å². The van der Waals surface area contributed by atoms with Crippen LogP contribution < -0.4 is 4.90 Å². The average molecular weight is 396 g/mol. The molecule has 3 aromatic carbocycles. The maximum absolute atomic E-state index is 12.9. The Morgan fingerprint density at radius 3 is 2.60 bits per heavy atom. The van der Waals surface area contributed by atoms with Crippen LogP contribution in [0.25, 0.3) is 11.0 Å². The molecule has 1 fully saturated rings. The minimum atomic E-state index is 0.0782. The molecular formula is C26H25N3O. The minimum absolute atomic E-state index is 0.0782. The van der Waals surface area contributed by atoms with Gasteiger partial charge >= 0.3 is 0 Å². The summed E-state index contributed by atoms with van der Waals surface area (Å²) in [6, 6.07) is 24.9. The van der Waals surface area contributed by atoms with Crippen LogP contribution >= 0.6 is 0 Å². The number of fused-ring (bicyclic) bond motifs is 1. The molecule has 1 aromatic heterocycles. The van der Waals surface area contributed by atoms with E-state index in [4.69, 9.17) is 4.98 Å². The summed E-state index contributed by atoms with van der Waals surface area (Å²) in [6.45, 7) is 5.63. The fraction of sp³-hybridized carbons (Fsp3) is 0.231. The number of para-hydroxylation sites is 2. The third kappa shape index (κ3) is 3.28. The van der Waals surface area contributed by atoms with Crippen LogP contribution in [0.4, 0.5) is 5.69 Å². The Morgan fingerprint density at radius 2 is 1.77 bits per heavy atom. The van der Waals surface area contributed by atoms with Gasteiger partial charge in [-0.3, -0.25) is 4.79 Å². The van der Waals surface area contributed by atoms with Crippen molar-refractivity contribution in [3.63, 3.8) is 0 Å². The second-order valence-corrected chi connectivity index (χ2v) is 8.22. The largest absolute Gasteiger partial charge is 0.323 e. The summed E-state index contributed by atoms with van der Waals surface area (Å²) >= 11 is 0. The van der Waals surface area contributed by atoms with E-state index in [-0.39, 0.29) is 11.8 Å². The zero-order chi connectivity index (χ0) is 20.7. The van der Waals surface area contributed by atoms with Crippen LogP contribution in [0.15, 0.2) is 72.8 Å². The van der Waals surface area contributed by atoms with Crippen LogP contribution in [0.3, 0.4) is 0 Å². The zero-order valence-electron chi connectivity index (χ0n) is 17.4. The van der Waals surface area contributed by atoms with Gasteiger partial charge in [-0.1, -0.05) is 48.5 Å². The van der Waals surface area contributed by atoms with Crippen molar-refractivity contribution >= 4 is 22.6 Å². The van der Waals surface area contributed by atoms with Crippen LogP contribution in [0, 0.1) is 13.8 Å². The molecule has 5 rings (SSSR count). The Bertz CT molecular complexity index is 1240. The molecule has 150 valence electrons. The van der Waals surface area contributed by atoms with Crippen molar-refractivity contribution in [1.82, 2.24) is 9.55 Å². The summed E-state index contributed by atoms with van der Waals surface area (Å²) in [6.07, 6.45) is 0.491. The van der Waals surface area contributed by atoms with E-state index in [0.717, 1.165) is 34.7 Å². The minimum Gasteiger partial charge on any atom is -0.323 e. The predicted octanol–water partition coefficient (Wildman–Crippen LogP) is 5.22. The molecule has 0 radical (unpaired) electrons. The molecule has 0 N–H and O–H groups in total. The summed E-state index contributed by atoms with van der Waals surface area (Å²) < 4.78 is 2.30. The van der Waals surface area contributed by atoms with Crippen LogP contribution in [0.2, 0.25) is 0 Å². The molecule has 30 heavy (non-hydrogen) atoms. The number of nitrogens with zero attached hydrogens (tertiary/aromatic N) is 3. The van der Waals surface area contributed by atoms with E-state index in [1.807, 2.05) is 23.1 Å². The topological polar surface area (TPSA) is 38.1 Å². The highest BCUT2D eigenvalue weighted by Crippen LogP contribution is 2.34. The van der Waals surface area contributed by atoms with Crippen molar-refractivity contribution in [3.8, 4) is 0 Å². The first-order valence-electron chi connectivity index (χ1n) is 10.5. The Labute approximate surface area is 176 Å². The lowest BCUT2D eigenvalue weighted by Crippen LogP contribution is -2.24. The number of benzene rings is 3. The van der Waals surface area contributed by atoms with Crippen molar-refractivity contribution in [1.29, 1.82) is 0 Å². The number of imidazole rings is 1. The Kier molecular flexibility index (Phi) is 4.62. The molecule has 4 heteroatoms. The molecule has 1 aliphatic heterocycles. The second-order valence-electron chi connectivity index (χ2n) is 8.22. The quantitative estimate of drug-likeness (QED) is 0.475. The van der Waals surface area contributed by atoms with Gasteiger partial charge in [0, 0.05) is 31.1 Å². The summed E-state index contributed by atoms with van der Waals surface area (Å²) in [7, 11) is 0. The van der Waals surface area contributed by atoms with E-state index in [1.54, 1.807) is 0 Å². The van der Waals surface area contributed by atoms with Gasteiger partial charge in [0.1, 0.15) is 5.82 Å². The Balaban J connectivity index is 1.54. The number of carbonyl (C=O) groups is 1. The summed E-state index contributed by atoms with van der Waals surface area (Å²) in [5.41, 5.74) is 6.80. The molecule has 1 saturated heterocycles. The van der Waals surface area contributed by atoms with Gasteiger partial charge in [-0.05, 0) is 54.8 Å². The average Bonchev–Trinajstić information content (AvgIpc) is 3.30. The molecule has 0 aliphatic carbocycles. The molecule has 1 amide bonds. The monoisotopic (exact) mass is 395 g/mol. The molecule has 0 unspecified atom stereocenters. The van der Waals surface area contributed by atoms with E-state index >= 15 is 0 Å². The number of amides is 1. The number of hydrogen-bond acceptors (Lipinski definition) is 2. The lowest BCUT2D eigenvalue weighted by atomic mass is 10.1. The molecule has 0 saturated carbocycles. The van der Waals surface area contributed by atoms with Crippen molar-refractivity contribution < 1.29 is 4.79 Å². The normalized spacial score (nSPS) is 16.5. The van der Waals surface area contributed by atoms with Gasteiger partial charge in [0.05, 0.1) is 11.0 Å². The summed E-state index contributed by atoms with van der Waals surface area (Å²) in [5.74, 6) is 1.25. The molecule has 4 nitrogen and oxygen atoms in total. The first kappa shape index (κ1) is 18.6. The highest BCUT2D eigenvalue weighted by Gasteiger charge is 2.34. The molecule has 1 atom stereocenters. The number of anilines is 1. The zero-order valence-corrected chi connectivity index (χ0v) is 17.4. The van der Waals surface area contributed by atoms with Gasteiger partial charge in [-0.25, -0.2) is 4.98 Å². The van der Waals surface area contributed by atoms with E-state index in [9.17, 15) is 4.79 Å². The summed E-state index contributed by atoms with van der Waals surface area (Å²) in [5, 5.41) is 0. The van der Waals surface area contributed by atoms with Crippen molar-refractivity contribution in [2.45, 2.75) is 32.7 Å². The van der Waals surface area contributed by atoms with E-state index in [2.05, 4.69) is 73.0 Å². The predicted molar refractivity (Wildman–Crippen MR) is 121 cm³/mol. The van der Waals surface area contributed by atoms with Gasteiger partial charge in [-0.2, -0.15) is 0 Å². The first-order chi connectivity index (χ1) is 14.6. The van der Waals surface area contributed by atoms with E-state index in [1.165, 1.54) is 11.1 Å². The number of aryl methyl sites for hydroxylation is 2. The third-order valence-electron chi connectivity index (χ3n) is 6.08. The molecule has 2 heterocycles. The number of rotatable bonds is 4. The van der Waals surface area contributed by atoms with Gasteiger partial charge < -0.3 is 9.47 Å². The summed E-state index contributed by atoms with van der Waals surface area (Å²) in [4.78, 5) is 19.8. The third-order valence-corrected chi connectivity index (χ3v) is 6.08. The maximum Gasteiger partial charge on any atom is 0.227 e.